The number of alkyl halides is 6. The second-order valence-corrected chi connectivity index (χ2v) is 4.37. The van der Waals surface area contributed by atoms with Crippen molar-refractivity contribution < 1.29 is 36.2 Å². The van der Waals surface area contributed by atoms with E-state index in [0.29, 0.717) is 0 Å². The molecule has 18 heavy (non-hydrogen) atoms. The highest BCUT2D eigenvalue weighted by atomic mass is 19.3. The van der Waals surface area contributed by atoms with Gasteiger partial charge in [-0.3, -0.25) is 0 Å². The number of carbonyl (C=O) groups excluding carboxylic acids is 1. The zero-order valence-corrected chi connectivity index (χ0v) is 9.39. The maximum absolute atomic E-state index is 14.2. The summed E-state index contributed by atoms with van der Waals surface area (Å²) in [5.41, 5.74) is 0. The van der Waals surface area contributed by atoms with Gasteiger partial charge in [0.05, 0.1) is 6.54 Å². The fraction of sp³-hybridized carbons (Fsp3) is 0.889. The smallest absolute Gasteiger partial charge is 0.364 e. The number of carbonyl (C=O) groups is 1. The standard InChI is InChI=1S/C9H11F6NO2/c1-4(2)8(13)9(14,15)7(11,12)5(10)3-16(8)6(17)18/h4-5H,3H2,1-2H3,(H,17,18)/p-1. The van der Waals surface area contributed by atoms with Crippen molar-refractivity contribution >= 4 is 6.09 Å². The van der Waals surface area contributed by atoms with E-state index < -0.39 is 47.3 Å². The Kier molecular flexibility index (Phi) is 3.25. The maximum Gasteiger partial charge on any atom is 0.364 e. The lowest BCUT2D eigenvalue weighted by molar-refractivity contribution is -0.375. The van der Waals surface area contributed by atoms with Gasteiger partial charge < -0.3 is 14.8 Å². The Hall–Kier alpha value is -1.15. The van der Waals surface area contributed by atoms with Gasteiger partial charge in [-0.15, -0.1) is 0 Å². The molecule has 1 fully saturated rings. The first-order valence-corrected chi connectivity index (χ1v) is 4.98. The highest BCUT2D eigenvalue weighted by Crippen LogP contribution is 2.54. The molecule has 106 valence electrons. The normalized spacial score (nSPS) is 34.7. The summed E-state index contributed by atoms with van der Waals surface area (Å²) in [5.74, 6) is -16.8. The molecule has 1 rings (SSSR count). The van der Waals surface area contributed by atoms with Crippen LogP contribution in [0.15, 0.2) is 0 Å². The van der Waals surface area contributed by atoms with Crippen molar-refractivity contribution in [3.63, 3.8) is 0 Å². The molecule has 1 saturated heterocycles. The van der Waals surface area contributed by atoms with Crippen molar-refractivity contribution in [2.75, 3.05) is 6.54 Å². The third kappa shape index (κ3) is 1.55. The Bertz CT molecular complexity index is 361. The first kappa shape index (κ1) is 14.9. The molecule has 1 amide bonds. The summed E-state index contributed by atoms with van der Waals surface area (Å²) in [6.07, 6.45) is -5.97. The average molecular weight is 278 g/mol. The number of likely N-dealkylation sites (tertiary alicyclic amines) is 1. The van der Waals surface area contributed by atoms with Gasteiger partial charge >= 0.3 is 11.8 Å². The number of halogens is 6. The van der Waals surface area contributed by atoms with E-state index in [-0.39, 0.29) is 0 Å². The molecule has 0 aromatic carbocycles. The summed E-state index contributed by atoms with van der Waals surface area (Å²) in [6, 6.07) is 0. The van der Waals surface area contributed by atoms with E-state index in [1.54, 1.807) is 0 Å². The van der Waals surface area contributed by atoms with E-state index in [0.717, 1.165) is 13.8 Å². The summed E-state index contributed by atoms with van der Waals surface area (Å²) in [6.45, 7) is -0.128. The lowest BCUT2D eigenvalue weighted by Crippen LogP contribution is -2.77. The van der Waals surface area contributed by atoms with Gasteiger partial charge in [0.15, 0.2) is 6.17 Å². The molecule has 0 saturated carbocycles. The minimum atomic E-state index is -5.49. The summed E-state index contributed by atoms with van der Waals surface area (Å²) in [4.78, 5) is 9.84. The molecule has 3 nitrogen and oxygen atoms in total. The minimum Gasteiger partial charge on any atom is -0.530 e. The Balaban J connectivity index is 3.43. The monoisotopic (exact) mass is 278 g/mol. The van der Waals surface area contributed by atoms with Crippen LogP contribution < -0.4 is 5.11 Å². The predicted molar refractivity (Wildman–Crippen MR) is 45.6 cm³/mol. The Morgan fingerprint density at radius 2 is 1.72 bits per heavy atom. The largest absolute Gasteiger partial charge is 0.530 e. The van der Waals surface area contributed by atoms with Gasteiger partial charge in [0, 0.05) is 5.92 Å². The van der Waals surface area contributed by atoms with Crippen LogP contribution in [-0.4, -0.2) is 41.3 Å². The van der Waals surface area contributed by atoms with E-state index in [1.165, 1.54) is 0 Å². The molecular formula is C9H10F6NO2-. The number of piperidine rings is 1. The molecule has 1 heterocycles. The van der Waals surface area contributed by atoms with Gasteiger partial charge in [-0.05, 0) is 0 Å². The van der Waals surface area contributed by atoms with E-state index in [4.69, 9.17) is 0 Å². The molecular weight excluding hydrogens is 268 g/mol. The number of amides is 1. The number of nitrogens with zero attached hydrogens (tertiary/aromatic N) is 1. The molecule has 2 unspecified atom stereocenters. The van der Waals surface area contributed by atoms with Crippen molar-refractivity contribution in [2.24, 2.45) is 5.92 Å². The average Bonchev–Trinajstić information content (AvgIpc) is 2.21. The fourth-order valence-corrected chi connectivity index (χ4v) is 1.89. The van der Waals surface area contributed by atoms with Gasteiger partial charge in [0.1, 0.15) is 6.09 Å². The molecule has 0 spiro atoms. The molecule has 0 N–H and O–H groups in total. The summed E-state index contributed by atoms with van der Waals surface area (Å²) in [7, 11) is 0. The highest BCUT2D eigenvalue weighted by Gasteiger charge is 2.79. The van der Waals surface area contributed by atoms with Gasteiger partial charge in [-0.1, -0.05) is 13.8 Å². The Labute approximate surface area is 98.4 Å². The quantitative estimate of drug-likeness (QED) is 0.540. The lowest BCUT2D eigenvalue weighted by atomic mass is 9.83. The second-order valence-electron chi connectivity index (χ2n) is 4.37. The molecule has 0 aliphatic carbocycles. The number of hydrogen-bond donors (Lipinski definition) is 0. The van der Waals surface area contributed by atoms with E-state index in [9.17, 15) is 36.2 Å². The molecule has 0 aromatic rings. The van der Waals surface area contributed by atoms with Crippen LogP contribution in [0.4, 0.5) is 31.1 Å². The van der Waals surface area contributed by atoms with Gasteiger partial charge in [-0.2, -0.15) is 17.6 Å². The topological polar surface area (TPSA) is 43.4 Å². The SMILES string of the molecule is CC(C)C1(F)N(C(=O)[O-])CC(F)C(F)(F)C1(F)F. The van der Waals surface area contributed by atoms with Crippen molar-refractivity contribution in [2.45, 2.75) is 37.7 Å². The van der Waals surface area contributed by atoms with Crippen LogP contribution in [0.2, 0.25) is 0 Å². The first-order valence-electron chi connectivity index (χ1n) is 4.98. The number of rotatable bonds is 1. The Morgan fingerprint density at radius 1 is 1.28 bits per heavy atom. The summed E-state index contributed by atoms with van der Waals surface area (Å²) >= 11 is 0. The molecule has 0 aromatic heterocycles. The van der Waals surface area contributed by atoms with Crippen LogP contribution in [0.3, 0.4) is 0 Å². The predicted octanol–water partition coefficient (Wildman–Crippen LogP) is 1.58. The van der Waals surface area contributed by atoms with Gasteiger partial charge in [0.25, 0.3) is 5.79 Å². The number of carboxylic acid groups (broad SMARTS) is 1. The summed E-state index contributed by atoms with van der Waals surface area (Å²) < 4.78 is 80.1. The molecule has 1 aliphatic rings. The van der Waals surface area contributed by atoms with Gasteiger partial charge in [-0.25, -0.2) is 8.78 Å². The van der Waals surface area contributed by atoms with Crippen LogP contribution in [0.25, 0.3) is 0 Å². The van der Waals surface area contributed by atoms with E-state index in [1.807, 2.05) is 0 Å². The molecule has 0 radical (unpaired) electrons. The van der Waals surface area contributed by atoms with Crippen molar-refractivity contribution in [1.82, 2.24) is 4.90 Å². The molecule has 9 heteroatoms. The van der Waals surface area contributed by atoms with Crippen molar-refractivity contribution in [3.8, 4) is 0 Å². The minimum absolute atomic E-state index is 0.709. The zero-order chi connectivity index (χ0) is 14.5. The molecule has 1 aliphatic heterocycles. The fourth-order valence-electron chi connectivity index (χ4n) is 1.89. The molecule has 2 atom stereocenters. The Morgan fingerprint density at radius 3 is 2.06 bits per heavy atom. The molecule has 0 bridgehead atoms. The maximum atomic E-state index is 14.2. The lowest BCUT2D eigenvalue weighted by Gasteiger charge is -2.52. The summed E-state index contributed by atoms with van der Waals surface area (Å²) in [5, 5.41) is 10.5. The van der Waals surface area contributed by atoms with Gasteiger partial charge in [0.2, 0.25) is 0 Å². The van der Waals surface area contributed by atoms with Crippen LogP contribution >= 0.6 is 0 Å². The third-order valence-corrected chi connectivity index (χ3v) is 2.97. The first-order chi connectivity index (χ1) is 7.90. The van der Waals surface area contributed by atoms with E-state index >= 15 is 0 Å². The zero-order valence-electron chi connectivity index (χ0n) is 9.39. The van der Waals surface area contributed by atoms with Crippen LogP contribution in [0, 0.1) is 5.92 Å². The second kappa shape index (κ2) is 3.92. The van der Waals surface area contributed by atoms with Crippen LogP contribution in [0.5, 0.6) is 0 Å². The van der Waals surface area contributed by atoms with Crippen LogP contribution in [-0.2, 0) is 0 Å². The van der Waals surface area contributed by atoms with Crippen LogP contribution in [0.1, 0.15) is 13.8 Å². The van der Waals surface area contributed by atoms with Crippen molar-refractivity contribution in [3.05, 3.63) is 0 Å². The van der Waals surface area contributed by atoms with Crippen molar-refractivity contribution in [1.29, 1.82) is 0 Å². The third-order valence-electron chi connectivity index (χ3n) is 2.97. The highest BCUT2D eigenvalue weighted by molar-refractivity contribution is 5.64. The van der Waals surface area contributed by atoms with E-state index in [2.05, 4.69) is 0 Å². The number of hydrogen-bond acceptors (Lipinski definition) is 2.